The number of urea groups is 1. The van der Waals surface area contributed by atoms with Crippen molar-refractivity contribution in [3.63, 3.8) is 0 Å². The third-order valence-corrected chi connectivity index (χ3v) is 5.61. The van der Waals surface area contributed by atoms with Crippen LogP contribution in [0.5, 0.6) is 0 Å². The molecule has 0 aromatic carbocycles. The molecule has 1 N–H and O–H groups in total. The fraction of sp³-hybridized carbons (Fsp3) is 0.812. The second-order valence-corrected chi connectivity index (χ2v) is 6.91. The average molecular weight is 292 g/mol. The zero-order chi connectivity index (χ0) is 15.0. The highest BCUT2D eigenvalue weighted by atomic mass is 16.2. The van der Waals surface area contributed by atoms with E-state index in [2.05, 4.69) is 12.2 Å². The number of nitrogens with zero attached hydrogens (tertiary/aromatic N) is 1. The maximum absolute atomic E-state index is 13.0. The van der Waals surface area contributed by atoms with Crippen molar-refractivity contribution in [1.29, 1.82) is 0 Å². The Hall–Kier alpha value is -1.39. The maximum Gasteiger partial charge on any atom is 0.331 e. The summed E-state index contributed by atoms with van der Waals surface area (Å²) in [4.78, 5) is 39.0. The minimum atomic E-state index is -0.969. The fourth-order valence-corrected chi connectivity index (χ4v) is 4.27. The monoisotopic (exact) mass is 292 g/mol. The first-order valence-electron chi connectivity index (χ1n) is 8.25. The number of hydrogen-bond donors (Lipinski definition) is 1. The molecule has 5 nitrogen and oxygen atoms in total. The Bertz CT molecular complexity index is 468. The predicted octanol–water partition coefficient (Wildman–Crippen LogP) is 2.59. The summed E-state index contributed by atoms with van der Waals surface area (Å²) in [6.45, 7) is 2.11. The molecule has 1 aliphatic heterocycles. The first-order chi connectivity index (χ1) is 10.1. The van der Waals surface area contributed by atoms with Gasteiger partial charge in [-0.2, -0.15) is 0 Å². The van der Waals surface area contributed by atoms with Gasteiger partial charge in [-0.25, -0.2) is 4.79 Å². The molecule has 116 valence electrons. The molecule has 3 aliphatic rings. The van der Waals surface area contributed by atoms with E-state index in [0.29, 0.717) is 18.8 Å². The molecule has 0 bridgehead atoms. The lowest BCUT2D eigenvalue weighted by atomic mass is 9.70. The quantitative estimate of drug-likeness (QED) is 0.755. The molecular formula is C16H24N2O3. The Morgan fingerprint density at radius 1 is 1.00 bits per heavy atom. The minimum Gasteiger partial charge on any atom is -0.277 e. The molecule has 21 heavy (non-hydrogen) atoms. The van der Waals surface area contributed by atoms with Crippen molar-refractivity contribution in [3.05, 3.63) is 0 Å². The second-order valence-electron chi connectivity index (χ2n) is 6.91. The first-order valence-corrected chi connectivity index (χ1v) is 8.25. The van der Waals surface area contributed by atoms with Gasteiger partial charge in [0.25, 0.3) is 0 Å². The molecule has 3 fully saturated rings. The Morgan fingerprint density at radius 2 is 1.67 bits per heavy atom. The third-order valence-electron chi connectivity index (χ3n) is 5.61. The third kappa shape index (κ3) is 2.27. The summed E-state index contributed by atoms with van der Waals surface area (Å²) in [5.74, 6) is -0.270. The van der Waals surface area contributed by atoms with Crippen molar-refractivity contribution >= 4 is 17.8 Å². The lowest BCUT2D eigenvalue weighted by molar-refractivity contribution is -0.156. The van der Waals surface area contributed by atoms with Gasteiger partial charge >= 0.3 is 6.03 Å². The van der Waals surface area contributed by atoms with Gasteiger partial charge in [0.05, 0.1) is 0 Å². The number of imide groups is 2. The molecule has 2 aliphatic carbocycles. The molecule has 2 unspecified atom stereocenters. The lowest BCUT2D eigenvalue weighted by Crippen LogP contribution is -2.67. The molecule has 3 rings (SSSR count). The van der Waals surface area contributed by atoms with Crippen molar-refractivity contribution in [2.45, 2.75) is 70.8 Å². The molecule has 0 aromatic heterocycles. The van der Waals surface area contributed by atoms with Gasteiger partial charge in [0.2, 0.25) is 11.8 Å². The highest BCUT2D eigenvalue weighted by Gasteiger charge is 2.55. The zero-order valence-electron chi connectivity index (χ0n) is 12.7. The van der Waals surface area contributed by atoms with Crippen LogP contribution in [-0.4, -0.2) is 28.8 Å². The summed E-state index contributed by atoms with van der Waals surface area (Å²) in [5.41, 5.74) is -0.969. The summed E-state index contributed by atoms with van der Waals surface area (Å²) in [6, 6.07) is -0.543. The molecular weight excluding hydrogens is 268 g/mol. The van der Waals surface area contributed by atoms with Crippen LogP contribution in [-0.2, 0) is 9.59 Å². The van der Waals surface area contributed by atoms with Crippen LogP contribution in [0.25, 0.3) is 0 Å². The summed E-state index contributed by atoms with van der Waals surface area (Å²) in [5, 5.41) is 2.47. The summed E-state index contributed by atoms with van der Waals surface area (Å²) in [7, 11) is 0. The number of carbonyl (C=O) groups is 3. The van der Waals surface area contributed by atoms with Gasteiger partial charge in [0, 0.05) is 6.04 Å². The Kier molecular flexibility index (Phi) is 3.76. The minimum absolute atomic E-state index is 0.0434. The van der Waals surface area contributed by atoms with Crippen LogP contribution >= 0.6 is 0 Å². The highest BCUT2D eigenvalue weighted by molar-refractivity contribution is 6.19. The van der Waals surface area contributed by atoms with Crippen molar-refractivity contribution in [3.8, 4) is 0 Å². The van der Waals surface area contributed by atoms with E-state index in [-0.39, 0.29) is 17.9 Å². The van der Waals surface area contributed by atoms with Gasteiger partial charge in [-0.05, 0) is 31.6 Å². The second kappa shape index (κ2) is 5.43. The normalized spacial score (nSPS) is 33.2. The van der Waals surface area contributed by atoms with Crippen LogP contribution in [0, 0.1) is 11.3 Å². The molecule has 2 saturated carbocycles. The van der Waals surface area contributed by atoms with E-state index >= 15 is 0 Å². The van der Waals surface area contributed by atoms with E-state index < -0.39 is 11.4 Å². The first kappa shape index (κ1) is 14.5. The smallest absolute Gasteiger partial charge is 0.277 e. The van der Waals surface area contributed by atoms with Crippen LogP contribution in [0.1, 0.15) is 64.7 Å². The van der Waals surface area contributed by atoms with Crippen molar-refractivity contribution in [2.75, 3.05) is 0 Å². The number of hydrogen-bond acceptors (Lipinski definition) is 3. The summed E-state index contributed by atoms with van der Waals surface area (Å²) >= 11 is 0. The molecule has 2 atom stereocenters. The predicted molar refractivity (Wildman–Crippen MR) is 77.3 cm³/mol. The van der Waals surface area contributed by atoms with Gasteiger partial charge in [-0.3, -0.25) is 19.8 Å². The van der Waals surface area contributed by atoms with E-state index in [4.69, 9.17) is 0 Å². The number of amides is 4. The Balaban J connectivity index is 1.90. The Morgan fingerprint density at radius 3 is 2.33 bits per heavy atom. The van der Waals surface area contributed by atoms with Crippen LogP contribution in [0.3, 0.4) is 0 Å². The van der Waals surface area contributed by atoms with E-state index in [1.54, 1.807) is 0 Å². The highest BCUT2D eigenvalue weighted by Crippen LogP contribution is 2.42. The van der Waals surface area contributed by atoms with Gasteiger partial charge in [0.1, 0.15) is 5.41 Å². The molecule has 0 radical (unpaired) electrons. The van der Waals surface area contributed by atoms with Gasteiger partial charge in [0.15, 0.2) is 0 Å². The SMILES string of the molecule is CC1CCCCC1N1C(=O)NC(=O)C2(CCCCC2)C1=O. The Labute approximate surface area is 125 Å². The molecule has 4 amide bonds. The summed E-state index contributed by atoms with van der Waals surface area (Å²) in [6.07, 6.45) is 8.13. The van der Waals surface area contributed by atoms with Crippen LogP contribution in [0.15, 0.2) is 0 Å². The van der Waals surface area contributed by atoms with Crippen LogP contribution < -0.4 is 5.32 Å². The van der Waals surface area contributed by atoms with E-state index in [0.717, 1.165) is 44.9 Å². The van der Waals surface area contributed by atoms with E-state index in [1.807, 2.05) is 0 Å². The van der Waals surface area contributed by atoms with E-state index in [1.165, 1.54) is 4.90 Å². The number of nitrogens with one attached hydrogen (secondary N) is 1. The molecule has 1 heterocycles. The molecule has 5 heteroatoms. The van der Waals surface area contributed by atoms with Crippen LogP contribution in [0.2, 0.25) is 0 Å². The zero-order valence-corrected chi connectivity index (χ0v) is 12.7. The van der Waals surface area contributed by atoms with Crippen molar-refractivity contribution in [2.24, 2.45) is 11.3 Å². The standard InChI is InChI=1S/C16H24N2O3/c1-11-7-3-4-8-12(11)18-14(20)16(9-5-2-6-10-16)13(19)17-15(18)21/h11-12H,2-10H2,1H3,(H,17,19,21). The van der Waals surface area contributed by atoms with Crippen molar-refractivity contribution in [1.82, 2.24) is 10.2 Å². The maximum atomic E-state index is 13.0. The average Bonchev–Trinajstić information content (AvgIpc) is 2.48. The topological polar surface area (TPSA) is 66.5 Å². The molecule has 1 spiro atoms. The number of barbiturate groups is 1. The van der Waals surface area contributed by atoms with Gasteiger partial charge in [-0.1, -0.05) is 39.0 Å². The number of rotatable bonds is 1. The van der Waals surface area contributed by atoms with Gasteiger partial charge < -0.3 is 0 Å². The fourth-order valence-electron chi connectivity index (χ4n) is 4.27. The van der Waals surface area contributed by atoms with E-state index in [9.17, 15) is 14.4 Å². The van der Waals surface area contributed by atoms with Crippen molar-refractivity contribution < 1.29 is 14.4 Å². The molecule has 1 saturated heterocycles. The lowest BCUT2D eigenvalue weighted by Gasteiger charge is -2.46. The number of carbonyl (C=O) groups excluding carboxylic acids is 3. The largest absolute Gasteiger partial charge is 0.331 e. The molecule has 0 aromatic rings. The summed E-state index contributed by atoms with van der Waals surface area (Å²) < 4.78 is 0. The van der Waals surface area contributed by atoms with Gasteiger partial charge in [-0.15, -0.1) is 0 Å². The van der Waals surface area contributed by atoms with Crippen LogP contribution in [0.4, 0.5) is 4.79 Å².